The maximum Gasteiger partial charge on any atom is 0.270 e. The van der Waals surface area contributed by atoms with Gasteiger partial charge in [0.05, 0.1) is 17.7 Å². The molecule has 1 fully saturated rings. The Morgan fingerprint density at radius 3 is 2.31 bits per heavy atom. The van der Waals surface area contributed by atoms with Gasteiger partial charge in [-0.25, -0.2) is 0 Å². The summed E-state index contributed by atoms with van der Waals surface area (Å²) in [6, 6.07) is 12.3. The molecule has 2 amide bonds. The number of halogens is 2. The molecule has 1 saturated heterocycles. The van der Waals surface area contributed by atoms with E-state index >= 15 is 0 Å². The Morgan fingerprint density at radius 2 is 1.66 bits per heavy atom. The highest BCUT2D eigenvalue weighted by Gasteiger charge is 2.27. The van der Waals surface area contributed by atoms with Crippen LogP contribution >= 0.6 is 23.2 Å². The van der Waals surface area contributed by atoms with Crippen molar-refractivity contribution >= 4 is 45.9 Å². The van der Waals surface area contributed by atoms with Gasteiger partial charge in [-0.2, -0.15) is 0 Å². The lowest BCUT2D eigenvalue weighted by molar-refractivity contribution is 0.0533. The van der Waals surface area contributed by atoms with E-state index in [4.69, 9.17) is 27.9 Å². The molecule has 6 nitrogen and oxygen atoms in total. The van der Waals surface area contributed by atoms with E-state index in [2.05, 4.69) is 4.98 Å². The van der Waals surface area contributed by atoms with Gasteiger partial charge in [-0.15, -0.1) is 0 Å². The molecule has 150 valence electrons. The molecule has 0 radical (unpaired) electrons. The minimum Gasteiger partial charge on any atom is -0.496 e. The van der Waals surface area contributed by atoms with Crippen molar-refractivity contribution in [1.29, 1.82) is 0 Å². The number of hydrogen-bond donors (Lipinski definition) is 1. The van der Waals surface area contributed by atoms with E-state index in [1.807, 2.05) is 24.3 Å². The molecule has 2 aromatic carbocycles. The minimum atomic E-state index is -0.158. The number of amides is 2. The van der Waals surface area contributed by atoms with Crippen LogP contribution in [0, 0.1) is 0 Å². The number of hydrogen-bond acceptors (Lipinski definition) is 3. The number of piperazine rings is 1. The molecule has 0 bridgehead atoms. The number of aromatic nitrogens is 1. The fraction of sp³-hybridized carbons (Fsp3) is 0.238. The van der Waals surface area contributed by atoms with Crippen LogP contribution in [0.4, 0.5) is 0 Å². The first kappa shape index (κ1) is 19.6. The van der Waals surface area contributed by atoms with Gasteiger partial charge in [-0.05, 0) is 36.4 Å². The van der Waals surface area contributed by atoms with E-state index < -0.39 is 0 Å². The van der Waals surface area contributed by atoms with E-state index in [0.29, 0.717) is 53.2 Å². The van der Waals surface area contributed by atoms with Crippen LogP contribution < -0.4 is 4.74 Å². The van der Waals surface area contributed by atoms with Gasteiger partial charge in [-0.3, -0.25) is 9.59 Å². The van der Waals surface area contributed by atoms with Crippen LogP contribution in [0.3, 0.4) is 0 Å². The average Bonchev–Trinajstić information content (AvgIpc) is 3.17. The second-order valence-electron chi connectivity index (χ2n) is 6.81. The number of nitrogens with one attached hydrogen (secondary N) is 1. The molecule has 3 aromatic rings. The monoisotopic (exact) mass is 431 g/mol. The van der Waals surface area contributed by atoms with Crippen LogP contribution in [0.25, 0.3) is 10.9 Å². The molecular formula is C21H19Cl2N3O3. The molecule has 0 atom stereocenters. The molecular weight excluding hydrogens is 413 g/mol. The summed E-state index contributed by atoms with van der Waals surface area (Å²) in [5.74, 6) is 0.460. The van der Waals surface area contributed by atoms with E-state index in [-0.39, 0.29) is 11.8 Å². The smallest absolute Gasteiger partial charge is 0.270 e. The molecule has 1 aliphatic rings. The summed E-state index contributed by atoms with van der Waals surface area (Å²) in [6.45, 7) is 1.77. The van der Waals surface area contributed by atoms with Crippen LogP contribution in [-0.4, -0.2) is 59.9 Å². The molecule has 2 heterocycles. The van der Waals surface area contributed by atoms with Crippen LogP contribution in [0.5, 0.6) is 5.75 Å². The van der Waals surface area contributed by atoms with E-state index in [0.717, 1.165) is 10.9 Å². The summed E-state index contributed by atoms with van der Waals surface area (Å²) in [5, 5.41) is 1.68. The lowest BCUT2D eigenvalue weighted by Gasteiger charge is -2.34. The summed E-state index contributed by atoms with van der Waals surface area (Å²) in [5.41, 5.74) is 1.77. The molecule has 0 saturated carbocycles. The van der Waals surface area contributed by atoms with Crippen molar-refractivity contribution in [2.24, 2.45) is 0 Å². The number of ether oxygens (including phenoxy) is 1. The number of carbonyl (C=O) groups excluding carboxylic acids is 2. The van der Waals surface area contributed by atoms with Crippen molar-refractivity contribution in [2.45, 2.75) is 0 Å². The molecule has 1 N–H and O–H groups in total. The highest BCUT2D eigenvalue weighted by molar-refractivity contribution is 6.36. The number of fused-ring (bicyclic) bond motifs is 1. The summed E-state index contributed by atoms with van der Waals surface area (Å²) in [6.07, 6.45) is 0. The number of carbonyl (C=O) groups is 2. The maximum atomic E-state index is 12.9. The van der Waals surface area contributed by atoms with Crippen molar-refractivity contribution in [3.63, 3.8) is 0 Å². The Morgan fingerprint density at radius 1 is 0.966 bits per heavy atom. The molecule has 29 heavy (non-hydrogen) atoms. The van der Waals surface area contributed by atoms with Gasteiger partial charge < -0.3 is 19.5 Å². The van der Waals surface area contributed by atoms with Crippen LogP contribution in [-0.2, 0) is 0 Å². The Bertz CT molecular complexity index is 1090. The zero-order chi connectivity index (χ0) is 20.5. The van der Waals surface area contributed by atoms with Gasteiger partial charge in [0, 0.05) is 42.1 Å². The van der Waals surface area contributed by atoms with Crippen LogP contribution in [0.15, 0.2) is 42.5 Å². The van der Waals surface area contributed by atoms with Crippen LogP contribution in [0.1, 0.15) is 20.8 Å². The molecule has 8 heteroatoms. The zero-order valence-electron chi connectivity index (χ0n) is 15.7. The average molecular weight is 432 g/mol. The fourth-order valence-corrected chi connectivity index (χ4v) is 4.03. The molecule has 4 rings (SSSR count). The third-order valence-electron chi connectivity index (χ3n) is 5.09. The summed E-state index contributed by atoms with van der Waals surface area (Å²) < 4.78 is 5.36. The van der Waals surface area contributed by atoms with Crippen molar-refractivity contribution in [3.05, 3.63) is 63.8 Å². The largest absolute Gasteiger partial charge is 0.496 e. The van der Waals surface area contributed by atoms with Gasteiger partial charge in [-0.1, -0.05) is 29.3 Å². The number of aromatic amines is 1. The van der Waals surface area contributed by atoms with Gasteiger partial charge in [0.25, 0.3) is 11.8 Å². The molecule has 0 aliphatic carbocycles. The summed E-state index contributed by atoms with van der Waals surface area (Å²) >= 11 is 12.1. The van der Waals surface area contributed by atoms with Crippen molar-refractivity contribution in [3.8, 4) is 5.75 Å². The van der Waals surface area contributed by atoms with Crippen LogP contribution in [0.2, 0.25) is 10.0 Å². The lowest BCUT2D eigenvalue weighted by atomic mass is 10.1. The normalized spacial score (nSPS) is 14.3. The third-order valence-corrected chi connectivity index (χ3v) is 5.64. The van der Waals surface area contributed by atoms with E-state index in [1.165, 1.54) is 0 Å². The Hall–Kier alpha value is -2.70. The quantitative estimate of drug-likeness (QED) is 0.679. The van der Waals surface area contributed by atoms with Crippen molar-refractivity contribution < 1.29 is 14.3 Å². The Labute approximate surface area is 177 Å². The predicted octanol–water partition coefficient (Wildman–Crippen LogP) is 4.08. The van der Waals surface area contributed by atoms with Gasteiger partial charge in [0.1, 0.15) is 11.4 Å². The topological polar surface area (TPSA) is 65.6 Å². The summed E-state index contributed by atoms with van der Waals surface area (Å²) in [7, 11) is 1.60. The minimum absolute atomic E-state index is 0.0973. The highest BCUT2D eigenvalue weighted by Crippen LogP contribution is 2.27. The first-order valence-corrected chi connectivity index (χ1v) is 9.93. The number of nitrogens with zero attached hydrogens (tertiary/aromatic N) is 2. The third kappa shape index (κ3) is 3.78. The Kier molecular flexibility index (Phi) is 5.39. The second-order valence-corrected chi connectivity index (χ2v) is 7.66. The maximum absolute atomic E-state index is 12.9. The predicted molar refractivity (Wildman–Crippen MR) is 113 cm³/mol. The Balaban J connectivity index is 1.45. The zero-order valence-corrected chi connectivity index (χ0v) is 17.3. The number of H-pyrrole nitrogens is 1. The highest BCUT2D eigenvalue weighted by atomic mass is 35.5. The molecule has 0 spiro atoms. The molecule has 1 aliphatic heterocycles. The van der Waals surface area contributed by atoms with E-state index in [1.54, 1.807) is 35.1 Å². The van der Waals surface area contributed by atoms with Gasteiger partial charge >= 0.3 is 0 Å². The number of benzene rings is 2. The van der Waals surface area contributed by atoms with Crippen molar-refractivity contribution in [2.75, 3.05) is 33.3 Å². The number of rotatable bonds is 3. The van der Waals surface area contributed by atoms with Gasteiger partial charge in [0.15, 0.2) is 0 Å². The second kappa shape index (κ2) is 7.97. The van der Waals surface area contributed by atoms with Gasteiger partial charge in [0.2, 0.25) is 0 Å². The lowest BCUT2D eigenvalue weighted by Crippen LogP contribution is -2.50. The molecule has 0 unspecified atom stereocenters. The van der Waals surface area contributed by atoms with Crippen molar-refractivity contribution in [1.82, 2.24) is 14.8 Å². The summed E-state index contributed by atoms with van der Waals surface area (Å²) in [4.78, 5) is 32.3. The number of methoxy groups -OCH3 is 1. The van der Waals surface area contributed by atoms with E-state index in [9.17, 15) is 9.59 Å². The molecule has 1 aromatic heterocycles. The fourth-order valence-electron chi connectivity index (χ4n) is 3.54. The first-order valence-electron chi connectivity index (χ1n) is 9.17. The standard InChI is InChI=1S/C21H19Cl2N3O3/c1-29-19-4-2-3-17-15(19)12-18(24-17)21(28)26-9-7-25(8-10-26)20(27)14-6-5-13(22)11-16(14)23/h2-6,11-12,24H,7-10H2,1H3. The SMILES string of the molecule is COc1cccc2[nH]c(C(=O)N3CCN(C(=O)c4ccc(Cl)cc4Cl)CC3)cc12. The first-order chi connectivity index (χ1) is 14.0.